The molecule has 3 aromatic rings. The Labute approximate surface area is 224 Å². The van der Waals surface area contributed by atoms with Crippen LogP contribution in [-0.4, -0.2) is 65.9 Å². The second kappa shape index (κ2) is 9.75. The molecule has 3 aliphatic heterocycles. The zero-order valence-electron chi connectivity index (χ0n) is 19.8. The summed E-state index contributed by atoms with van der Waals surface area (Å²) in [7, 11) is 1.56. The lowest BCUT2D eigenvalue weighted by Gasteiger charge is -2.30. The molecule has 0 N–H and O–H groups in total. The molecule has 2 aromatic heterocycles. The molecule has 0 saturated carbocycles. The fraction of sp³-hybridized carbons (Fsp3) is 0.360. The number of carbonyl (C=O) groups excluding carboxylic acids is 3. The first-order chi connectivity index (χ1) is 18.0. The van der Waals surface area contributed by atoms with Crippen molar-refractivity contribution in [3.05, 3.63) is 61.2 Å². The highest BCUT2D eigenvalue weighted by atomic mass is 32.2. The SMILES string of the molecule is COc1ccc(N2C(=O)[C@H]3[C@H](c4cccs4)c4sc(=O)n(CC(=O)N5CCOCC5)c4S[C@H]3C2=O)cc1. The lowest BCUT2D eigenvalue weighted by atomic mass is 9.87. The van der Waals surface area contributed by atoms with Crippen molar-refractivity contribution in [1.29, 1.82) is 0 Å². The molecule has 2 fully saturated rings. The monoisotopic (exact) mass is 557 g/mol. The van der Waals surface area contributed by atoms with E-state index < -0.39 is 17.1 Å². The summed E-state index contributed by atoms with van der Waals surface area (Å²) in [6.07, 6.45) is 0. The third-order valence-corrected chi connectivity index (χ3v) is 10.4. The number of ether oxygens (including phenoxy) is 2. The predicted octanol–water partition coefficient (Wildman–Crippen LogP) is 2.63. The molecule has 3 aliphatic rings. The highest BCUT2D eigenvalue weighted by Crippen LogP contribution is 2.54. The van der Waals surface area contributed by atoms with Crippen molar-refractivity contribution in [2.24, 2.45) is 5.92 Å². The van der Waals surface area contributed by atoms with E-state index in [9.17, 15) is 19.2 Å². The van der Waals surface area contributed by atoms with Crippen LogP contribution < -0.4 is 14.5 Å². The number of thioether (sulfide) groups is 1. The summed E-state index contributed by atoms with van der Waals surface area (Å²) in [6, 6.07) is 10.7. The van der Waals surface area contributed by atoms with Gasteiger partial charge in [-0.1, -0.05) is 29.2 Å². The van der Waals surface area contributed by atoms with Crippen molar-refractivity contribution < 1.29 is 23.9 Å². The lowest BCUT2D eigenvalue weighted by molar-refractivity contribution is -0.136. The van der Waals surface area contributed by atoms with Crippen LogP contribution in [0.4, 0.5) is 5.69 Å². The van der Waals surface area contributed by atoms with Gasteiger partial charge in [-0.15, -0.1) is 11.3 Å². The molecule has 0 spiro atoms. The number of benzene rings is 1. The van der Waals surface area contributed by atoms with Crippen molar-refractivity contribution in [2.45, 2.75) is 22.7 Å². The zero-order valence-corrected chi connectivity index (χ0v) is 22.3. The Kier molecular flexibility index (Phi) is 6.43. The number of morpholine rings is 1. The molecule has 192 valence electrons. The van der Waals surface area contributed by atoms with Crippen LogP contribution in [0.1, 0.15) is 15.7 Å². The maximum absolute atomic E-state index is 13.8. The fourth-order valence-electron chi connectivity index (χ4n) is 5.06. The third kappa shape index (κ3) is 4.12. The van der Waals surface area contributed by atoms with E-state index in [2.05, 4.69) is 0 Å². The lowest BCUT2D eigenvalue weighted by Crippen LogP contribution is -2.43. The molecule has 2 saturated heterocycles. The van der Waals surface area contributed by atoms with Gasteiger partial charge in [0.25, 0.3) is 0 Å². The summed E-state index contributed by atoms with van der Waals surface area (Å²) in [6.45, 7) is 1.81. The molecular weight excluding hydrogens is 534 g/mol. The summed E-state index contributed by atoms with van der Waals surface area (Å²) in [4.78, 5) is 58.0. The standard InChI is InChI=1S/C25H23N3O6S3/c1-33-15-6-4-14(5-7-15)28-22(30)19-18(16-3-2-12-35-16)21-24(36-20(19)23(28)31)27(25(32)37-21)13-17(29)26-8-10-34-11-9-26/h2-7,12,18-20H,8-11,13H2,1H3/t18-,19-,20+/m0/s1. The average Bonchev–Trinajstić information content (AvgIpc) is 3.62. The van der Waals surface area contributed by atoms with E-state index in [1.807, 2.05) is 17.5 Å². The van der Waals surface area contributed by atoms with Crippen LogP contribution in [0.25, 0.3) is 0 Å². The Morgan fingerprint density at radius 1 is 1.08 bits per heavy atom. The van der Waals surface area contributed by atoms with Crippen LogP contribution in [0, 0.1) is 5.92 Å². The van der Waals surface area contributed by atoms with E-state index in [-0.39, 0.29) is 29.1 Å². The molecule has 12 heteroatoms. The highest BCUT2D eigenvalue weighted by molar-refractivity contribution is 8.00. The van der Waals surface area contributed by atoms with E-state index in [1.54, 1.807) is 36.3 Å². The smallest absolute Gasteiger partial charge is 0.308 e. The molecule has 0 aliphatic carbocycles. The number of nitrogens with zero attached hydrogens (tertiary/aromatic N) is 3. The quantitative estimate of drug-likeness (QED) is 0.445. The van der Waals surface area contributed by atoms with Crippen molar-refractivity contribution in [2.75, 3.05) is 38.3 Å². The molecular formula is C25H23N3O6S3. The van der Waals surface area contributed by atoms with Gasteiger partial charge in [-0.25, -0.2) is 4.90 Å². The number of thiophene rings is 1. The summed E-state index contributed by atoms with van der Waals surface area (Å²) < 4.78 is 12.0. The highest BCUT2D eigenvalue weighted by Gasteiger charge is 2.57. The minimum absolute atomic E-state index is 0.101. The van der Waals surface area contributed by atoms with E-state index in [4.69, 9.17) is 9.47 Å². The van der Waals surface area contributed by atoms with E-state index in [0.717, 1.165) is 21.1 Å². The topological polar surface area (TPSA) is 98.2 Å². The van der Waals surface area contributed by atoms with Crippen molar-refractivity contribution in [3.8, 4) is 5.75 Å². The number of fused-ring (bicyclic) bond motifs is 2. The summed E-state index contributed by atoms with van der Waals surface area (Å²) in [5.41, 5.74) is 0.485. The Balaban J connectivity index is 1.39. The summed E-state index contributed by atoms with van der Waals surface area (Å²) >= 11 is 3.79. The van der Waals surface area contributed by atoms with Gasteiger partial charge in [0, 0.05) is 28.8 Å². The Morgan fingerprint density at radius 2 is 1.84 bits per heavy atom. The summed E-state index contributed by atoms with van der Waals surface area (Å²) in [5, 5.41) is 1.83. The number of hydrogen-bond acceptors (Lipinski definition) is 9. The van der Waals surface area contributed by atoms with E-state index in [1.165, 1.54) is 32.6 Å². The predicted molar refractivity (Wildman–Crippen MR) is 141 cm³/mol. The van der Waals surface area contributed by atoms with Gasteiger partial charge in [0.15, 0.2) is 0 Å². The maximum Gasteiger partial charge on any atom is 0.308 e. The first-order valence-corrected chi connectivity index (χ1v) is 14.4. The van der Waals surface area contributed by atoms with Crippen LogP contribution in [0.5, 0.6) is 5.75 Å². The molecule has 6 rings (SSSR count). The molecule has 5 heterocycles. The number of thiazole rings is 1. The minimum atomic E-state index is -0.701. The average molecular weight is 558 g/mol. The molecule has 3 amide bonds. The number of anilines is 1. The number of aromatic nitrogens is 1. The van der Waals surface area contributed by atoms with E-state index >= 15 is 0 Å². The molecule has 0 bridgehead atoms. The van der Waals surface area contributed by atoms with Gasteiger partial charge >= 0.3 is 4.87 Å². The number of amides is 3. The molecule has 0 unspecified atom stereocenters. The Hall–Kier alpha value is -2.93. The normalized spacial score (nSPS) is 23.2. The number of methoxy groups -OCH3 is 1. The molecule has 1 aromatic carbocycles. The first-order valence-electron chi connectivity index (χ1n) is 11.8. The largest absolute Gasteiger partial charge is 0.497 e. The van der Waals surface area contributed by atoms with Crippen LogP contribution in [0.3, 0.4) is 0 Å². The molecule has 0 radical (unpaired) electrons. The van der Waals surface area contributed by atoms with Crippen LogP contribution in [-0.2, 0) is 25.7 Å². The van der Waals surface area contributed by atoms with E-state index in [0.29, 0.717) is 42.8 Å². The minimum Gasteiger partial charge on any atom is -0.497 e. The van der Waals surface area contributed by atoms with Gasteiger partial charge in [-0.3, -0.25) is 23.7 Å². The number of hydrogen-bond donors (Lipinski definition) is 0. The number of carbonyl (C=O) groups is 3. The molecule has 37 heavy (non-hydrogen) atoms. The van der Waals surface area contributed by atoms with Gasteiger partial charge in [-0.05, 0) is 35.7 Å². The zero-order chi connectivity index (χ0) is 25.7. The van der Waals surface area contributed by atoms with Crippen molar-refractivity contribution >= 4 is 57.8 Å². The van der Waals surface area contributed by atoms with Crippen LogP contribution in [0.2, 0.25) is 0 Å². The van der Waals surface area contributed by atoms with Crippen molar-refractivity contribution in [3.63, 3.8) is 0 Å². The molecule has 9 nitrogen and oxygen atoms in total. The second-order valence-electron chi connectivity index (χ2n) is 8.88. The van der Waals surface area contributed by atoms with Gasteiger partial charge in [-0.2, -0.15) is 0 Å². The van der Waals surface area contributed by atoms with Crippen molar-refractivity contribution in [1.82, 2.24) is 9.47 Å². The second-order valence-corrected chi connectivity index (χ2v) is 12.0. The fourth-order valence-corrected chi connectivity index (χ4v) is 8.79. The summed E-state index contributed by atoms with van der Waals surface area (Å²) in [5.74, 6) is -1.21. The van der Waals surface area contributed by atoms with Crippen LogP contribution in [0.15, 0.2) is 51.6 Å². The van der Waals surface area contributed by atoms with Gasteiger partial charge in [0.2, 0.25) is 17.7 Å². The van der Waals surface area contributed by atoms with Gasteiger partial charge < -0.3 is 14.4 Å². The third-order valence-electron chi connectivity index (χ3n) is 6.89. The maximum atomic E-state index is 13.8. The first kappa shape index (κ1) is 24.4. The number of imide groups is 1. The van der Waals surface area contributed by atoms with Gasteiger partial charge in [0.1, 0.15) is 17.5 Å². The Bertz CT molecular complexity index is 1410. The van der Waals surface area contributed by atoms with Crippen LogP contribution >= 0.6 is 34.4 Å². The van der Waals surface area contributed by atoms with Gasteiger partial charge in [0.05, 0.1) is 37.0 Å². The number of rotatable bonds is 5. The Morgan fingerprint density at radius 3 is 2.51 bits per heavy atom. The molecule has 3 atom stereocenters.